The molecule has 2 atom stereocenters. The molecule has 0 aromatic heterocycles. The Morgan fingerprint density at radius 2 is 0.725 bits per heavy atom. The van der Waals surface area contributed by atoms with Gasteiger partial charge in [-0.15, -0.1) is 0 Å². The molecule has 0 aliphatic heterocycles. The van der Waals surface area contributed by atoms with Crippen LogP contribution in [0.5, 0.6) is 0 Å². The molecule has 0 saturated carbocycles. The lowest BCUT2D eigenvalue weighted by Gasteiger charge is -2.22. The largest absolute Gasteiger partial charge is 0.466 e. The first-order valence-corrected chi connectivity index (χ1v) is 30.7. The SMILES string of the molecule is CCCCCCC/C=C\CCCCCCCC(=O)OCCCCCCCCCCC/C=C\C/C=C\CCCCCCCCCCCC(=O)NC(CO)C(O)CCCCCCCCCCCCCCC. The molecule has 2 unspecified atom stereocenters. The van der Waals surface area contributed by atoms with E-state index in [0.29, 0.717) is 25.9 Å². The highest BCUT2D eigenvalue weighted by molar-refractivity contribution is 5.76. The molecule has 1 amide bonds. The number of allylic oxidation sites excluding steroid dienone is 6. The van der Waals surface area contributed by atoms with Crippen LogP contribution in [-0.2, 0) is 14.3 Å². The van der Waals surface area contributed by atoms with Crippen molar-refractivity contribution in [1.82, 2.24) is 5.32 Å². The first kappa shape index (κ1) is 67.1. The van der Waals surface area contributed by atoms with Crippen LogP contribution in [0.2, 0.25) is 0 Å². The number of ether oxygens (including phenoxy) is 1. The summed E-state index contributed by atoms with van der Waals surface area (Å²) in [4.78, 5) is 24.5. The Morgan fingerprint density at radius 1 is 0.406 bits per heavy atom. The van der Waals surface area contributed by atoms with E-state index >= 15 is 0 Å². The van der Waals surface area contributed by atoms with E-state index in [1.54, 1.807) is 0 Å². The van der Waals surface area contributed by atoms with Crippen LogP contribution < -0.4 is 5.32 Å². The van der Waals surface area contributed by atoms with E-state index in [9.17, 15) is 19.8 Å². The van der Waals surface area contributed by atoms with Crippen LogP contribution in [-0.4, -0.2) is 47.4 Å². The van der Waals surface area contributed by atoms with Gasteiger partial charge in [-0.25, -0.2) is 0 Å². The minimum absolute atomic E-state index is 0.000384. The van der Waals surface area contributed by atoms with E-state index in [2.05, 4.69) is 55.6 Å². The van der Waals surface area contributed by atoms with Crippen LogP contribution in [0.4, 0.5) is 0 Å². The van der Waals surface area contributed by atoms with Crippen molar-refractivity contribution in [3.63, 3.8) is 0 Å². The van der Waals surface area contributed by atoms with E-state index in [1.165, 1.54) is 244 Å². The summed E-state index contributed by atoms with van der Waals surface area (Å²) in [5, 5.41) is 23.2. The first-order chi connectivity index (χ1) is 34.0. The molecule has 0 radical (unpaired) electrons. The Balaban J connectivity index is 3.43. The van der Waals surface area contributed by atoms with E-state index in [1.807, 2.05) is 0 Å². The zero-order valence-electron chi connectivity index (χ0n) is 46.3. The lowest BCUT2D eigenvalue weighted by Crippen LogP contribution is -2.45. The number of hydrogen-bond acceptors (Lipinski definition) is 5. The fourth-order valence-electron chi connectivity index (χ4n) is 9.43. The number of nitrogens with one attached hydrogen (secondary N) is 1. The number of amides is 1. The number of carbonyl (C=O) groups excluding carboxylic acids is 2. The van der Waals surface area contributed by atoms with Crippen molar-refractivity contribution < 1.29 is 24.5 Å². The van der Waals surface area contributed by atoms with Gasteiger partial charge in [0.05, 0.1) is 25.4 Å². The van der Waals surface area contributed by atoms with Crippen molar-refractivity contribution in [2.45, 2.75) is 341 Å². The van der Waals surface area contributed by atoms with Gasteiger partial charge in [-0.2, -0.15) is 0 Å². The third kappa shape index (κ3) is 55.2. The van der Waals surface area contributed by atoms with E-state index in [0.717, 1.165) is 51.4 Å². The monoisotopic (exact) mass is 970 g/mol. The molecule has 0 heterocycles. The topological polar surface area (TPSA) is 95.9 Å². The van der Waals surface area contributed by atoms with Gasteiger partial charge in [-0.1, -0.05) is 269 Å². The van der Waals surface area contributed by atoms with Gasteiger partial charge in [-0.05, 0) is 83.5 Å². The fraction of sp³-hybridized carbons (Fsp3) is 0.873. The van der Waals surface area contributed by atoms with Crippen LogP contribution in [0.3, 0.4) is 0 Å². The van der Waals surface area contributed by atoms with Crippen molar-refractivity contribution in [2.24, 2.45) is 0 Å². The number of rotatable bonds is 57. The zero-order valence-corrected chi connectivity index (χ0v) is 46.3. The van der Waals surface area contributed by atoms with E-state index in [4.69, 9.17) is 4.74 Å². The Morgan fingerprint density at radius 3 is 1.12 bits per heavy atom. The Kier molecular flexibility index (Phi) is 57.0. The average molecular weight is 971 g/mol. The van der Waals surface area contributed by atoms with Crippen molar-refractivity contribution in [3.05, 3.63) is 36.5 Å². The van der Waals surface area contributed by atoms with Crippen LogP contribution in [0.1, 0.15) is 328 Å². The molecule has 0 aromatic carbocycles. The average Bonchev–Trinajstić information content (AvgIpc) is 3.35. The third-order valence-electron chi connectivity index (χ3n) is 14.2. The lowest BCUT2D eigenvalue weighted by atomic mass is 10.0. The molecule has 0 rings (SSSR count). The molecule has 3 N–H and O–H groups in total. The zero-order chi connectivity index (χ0) is 50.0. The molecule has 0 aliphatic carbocycles. The van der Waals surface area contributed by atoms with Crippen LogP contribution in [0.15, 0.2) is 36.5 Å². The summed E-state index contributed by atoms with van der Waals surface area (Å²) in [5.41, 5.74) is 0. The standard InChI is InChI=1S/C63H119NO5/c1-3-5-7-9-11-13-15-17-33-37-41-45-49-53-57-63(68)69-58-54-50-46-42-38-34-30-28-26-24-22-20-18-19-21-23-25-27-29-32-36-40-44-48-52-56-62(67)64-60(59-65)61(66)55-51-47-43-39-35-31-16-14-12-10-8-6-4-2/h15,17,19-22,60-61,65-66H,3-14,16,18,23-59H2,1-2H3,(H,64,67)/b17-15-,21-19-,22-20-. The summed E-state index contributed by atoms with van der Waals surface area (Å²) < 4.78 is 5.47. The molecule has 0 aromatic rings. The number of unbranched alkanes of at least 4 members (excludes halogenated alkanes) is 40. The van der Waals surface area contributed by atoms with Gasteiger partial charge in [0.25, 0.3) is 0 Å². The summed E-state index contributed by atoms with van der Waals surface area (Å²) in [5.74, 6) is -0.0404. The highest BCUT2D eigenvalue weighted by Gasteiger charge is 2.20. The molecular formula is C63H119NO5. The normalized spacial score (nSPS) is 12.8. The lowest BCUT2D eigenvalue weighted by molar-refractivity contribution is -0.143. The van der Waals surface area contributed by atoms with Crippen LogP contribution in [0, 0.1) is 0 Å². The van der Waals surface area contributed by atoms with Gasteiger partial charge in [0.15, 0.2) is 0 Å². The van der Waals surface area contributed by atoms with Gasteiger partial charge < -0.3 is 20.3 Å². The third-order valence-corrected chi connectivity index (χ3v) is 14.2. The summed E-state index contributed by atoms with van der Waals surface area (Å²) in [6.07, 6.45) is 72.9. The van der Waals surface area contributed by atoms with Gasteiger partial charge in [0, 0.05) is 12.8 Å². The maximum atomic E-state index is 12.5. The van der Waals surface area contributed by atoms with Crippen molar-refractivity contribution in [3.8, 4) is 0 Å². The first-order valence-electron chi connectivity index (χ1n) is 30.7. The second kappa shape index (κ2) is 58.6. The van der Waals surface area contributed by atoms with Gasteiger partial charge >= 0.3 is 5.97 Å². The highest BCUT2D eigenvalue weighted by Crippen LogP contribution is 2.17. The minimum Gasteiger partial charge on any atom is -0.466 e. The highest BCUT2D eigenvalue weighted by atomic mass is 16.5. The Hall–Kier alpha value is -1.92. The second-order valence-electron chi connectivity index (χ2n) is 21.0. The Labute approximate surface area is 430 Å². The number of aliphatic hydroxyl groups excluding tert-OH is 2. The van der Waals surface area contributed by atoms with E-state index < -0.39 is 12.1 Å². The quantitative estimate of drug-likeness (QED) is 0.0321. The maximum Gasteiger partial charge on any atom is 0.305 e. The minimum atomic E-state index is -0.668. The van der Waals surface area contributed by atoms with Gasteiger partial charge in [0.1, 0.15) is 0 Å². The van der Waals surface area contributed by atoms with Gasteiger partial charge in [-0.3, -0.25) is 9.59 Å². The number of esters is 1. The molecule has 6 nitrogen and oxygen atoms in total. The van der Waals surface area contributed by atoms with Crippen molar-refractivity contribution in [1.29, 1.82) is 0 Å². The van der Waals surface area contributed by atoms with E-state index in [-0.39, 0.29) is 18.5 Å². The molecule has 0 spiro atoms. The van der Waals surface area contributed by atoms with Gasteiger partial charge in [0.2, 0.25) is 5.91 Å². The summed E-state index contributed by atoms with van der Waals surface area (Å²) in [6, 6.07) is -0.546. The molecule has 69 heavy (non-hydrogen) atoms. The number of hydrogen-bond donors (Lipinski definition) is 3. The molecule has 0 saturated heterocycles. The van der Waals surface area contributed by atoms with Crippen molar-refractivity contribution >= 4 is 11.9 Å². The molecular weight excluding hydrogens is 851 g/mol. The Bertz CT molecular complexity index is 1120. The summed E-state index contributed by atoms with van der Waals surface area (Å²) in [7, 11) is 0. The number of aliphatic hydroxyl groups is 2. The fourth-order valence-corrected chi connectivity index (χ4v) is 9.43. The van der Waals surface area contributed by atoms with Crippen LogP contribution >= 0.6 is 0 Å². The molecule has 0 aliphatic rings. The molecule has 0 fully saturated rings. The summed E-state index contributed by atoms with van der Waals surface area (Å²) >= 11 is 0. The summed E-state index contributed by atoms with van der Waals surface area (Å²) in [6.45, 7) is 4.94. The predicted molar refractivity (Wildman–Crippen MR) is 301 cm³/mol. The van der Waals surface area contributed by atoms with Crippen LogP contribution in [0.25, 0.3) is 0 Å². The molecule has 6 heteroatoms. The predicted octanol–water partition coefficient (Wildman–Crippen LogP) is 19.2. The number of carbonyl (C=O) groups is 2. The maximum absolute atomic E-state index is 12.5. The molecule has 0 bridgehead atoms. The smallest absolute Gasteiger partial charge is 0.305 e. The molecule has 406 valence electrons. The van der Waals surface area contributed by atoms with Crippen molar-refractivity contribution in [2.75, 3.05) is 13.2 Å². The second-order valence-corrected chi connectivity index (χ2v) is 21.0.